The van der Waals surface area contributed by atoms with Gasteiger partial charge in [-0.15, -0.1) is 0 Å². The maximum absolute atomic E-state index is 3.66. The molecule has 1 N–H and O–H groups in total. The highest BCUT2D eigenvalue weighted by atomic mass is 79.9. The number of piperazine rings is 1. The lowest BCUT2D eigenvalue weighted by Gasteiger charge is -2.36. The SMILES string of the molecule is CCCC1CN(c2cc(C)ccc2Br)CCN1. The van der Waals surface area contributed by atoms with Crippen LogP contribution in [0.15, 0.2) is 22.7 Å². The first-order valence-corrected chi connectivity index (χ1v) is 7.24. The van der Waals surface area contributed by atoms with Gasteiger partial charge in [0.25, 0.3) is 0 Å². The summed E-state index contributed by atoms with van der Waals surface area (Å²) in [6.45, 7) is 7.72. The van der Waals surface area contributed by atoms with Gasteiger partial charge in [-0.05, 0) is 47.0 Å². The minimum Gasteiger partial charge on any atom is -0.368 e. The normalized spacial score (nSPS) is 20.6. The number of hydrogen-bond donors (Lipinski definition) is 1. The van der Waals surface area contributed by atoms with E-state index in [0.717, 1.165) is 19.6 Å². The second-order valence-electron chi connectivity index (χ2n) is 4.84. The van der Waals surface area contributed by atoms with Crippen LogP contribution in [0, 0.1) is 6.92 Å². The molecular formula is C14H21BrN2. The fourth-order valence-corrected chi connectivity index (χ4v) is 2.95. The second kappa shape index (κ2) is 5.87. The van der Waals surface area contributed by atoms with Crippen molar-refractivity contribution in [1.29, 1.82) is 0 Å². The third-order valence-electron chi connectivity index (χ3n) is 3.33. The van der Waals surface area contributed by atoms with E-state index in [0.29, 0.717) is 6.04 Å². The van der Waals surface area contributed by atoms with Gasteiger partial charge < -0.3 is 10.2 Å². The van der Waals surface area contributed by atoms with Crippen molar-refractivity contribution in [1.82, 2.24) is 5.32 Å². The number of aryl methyl sites for hydroxylation is 1. The van der Waals surface area contributed by atoms with Crippen LogP contribution in [0.3, 0.4) is 0 Å². The van der Waals surface area contributed by atoms with E-state index in [1.54, 1.807) is 0 Å². The quantitative estimate of drug-likeness (QED) is 0.920. The number of hydrogen-bond acceptors (Lipinski definition) is 2. The van der Waals surface area contributed by atoms with Crippen molar-refractivity contribution >= 4 is 21.6 Å². The molecule has 17 heavy (non-hydrogen) atoms. The van der Waals surface area contributed by atoms with Gasteiger partial charge in [0.2, 0.25) is 0 Å². The van der Waals surface area contributed by atoms with Crippen molar-refractivity contribution in [3.63, 3.8) is 0 Å². The molecule has 1 saturated heterocycles. The molecule has 2 rings (SSSR count). The Hall–Kier alpha value is -0.540. The predicted octanol–water partition coefficient (Wildman–Crippen LogP) is 3.34. The summed E-state index contributed by atoms with van der Waals surface area (Å²) in [5, 5.41) is 3.60. The zero-order chi connectivity index (χ0) is 12.3. The minimum atomic E-state index is 0.640. The van der Waals surface area contributed by atoms with Gasteiger partial charge >= 0.3 is 0 Å². The Morgan fingerprint density at radius 3 is 3.06 bits per heavy atom. The molecule has 0 aliphatic carbocycles. The van der Waals surface area contributed by atoms with Crippen LogP contribution >= 0.6 is 15.9 Å². The molecule has 0 bridgehead atoms. The van der Waals surface area contributed by atoms with E-state index < -0.39 is 0 Å². The maximum atomic E-state index is 3.66. The molecule has 94 valence electrons. The number of benzene rings is 1. The van der Waals surface area contributed by atoms with Crippen molar-refractivity contribution in [2.45, 2.75) is 32.7 Å². The van der Waals surface area contributed by atoms with E-state index in [4.69, 9.17) is 0 Å². The lowest BCUT2D eigenvalue weighted by molar-refractivity contribution is 0.430. The first kappa shape index (κ1) is 12.9. The van der Waals surface area contributed by atoms with Gasteiger partial charge in [-0.2, -0.15) is 0 Å². The van der Waals surface area contributed by atoms with Crippen molar-refractivity contribution in [2.75, 3.05) is 24.5 Å². The predicted molar refractivity (Wildman–Crippen MR) is 77.8 cm³/mol. The van der Waals surface area contributed by atoms with Crippen molar-refractivity contribution in [3.05, 3.63) is 28.2 Å². The summed E-state index contributed by atoms with van der Waals surface area (Å²) in [7, 11) is 0. The average molecular weight is 297 g/mol. The highest BCUT2D eigenvalue weighted by Crippen LogP contribution is 2.28. The molecule has 0 saturated carbocycles. The van der Waals surface area contributed by atoms with Crippen LogP contribution < -0.4 is 10.2 Å². The molecule has 1 fully saturated rings. The van der Waals surface area contributed by atoms with Gasteiger partial charge in [-0.1, -0.05) is 19.4 Å². The lowest BCUT2D eigenvalue weighted by atomic mass is 10.1. The molecule has 0 spiro atoms. The fraction of sp³-hybridized carbons (Fsp3) is 0.571. The maximum Gasteiger partial charge on any atom is 0.0514 e. The minimum absolute atomic E-state index is 0.640. The summed E-state index contributed by atoms with van der Waals surface area (Å²) in [5.74, 6) is 0. The first-order chi connectivity index (χ1) is 8.20. The Labute approximate surface area is 113 Å². The van der Waals surface area contributed by atoms with E-state index in [9.17, 15) is 0 Å². The zero-order valence-electron chi connectivity index (χ0n) is 10.7. The standard InChI is InChI=1S/C14H21BrN2/c1-3-4-12-10-17(8-7-16-12)14-9-11(2)5-6-13(14)15/h5-6,9,12,16H,3-4,7-8,10H2,1-2H3. The van der Waals surface area contributed by atoms with Gasteiger partial charge in [0.15, 0.2) is 0 Å². The molecule has 3 heteroatoms. The summed E-state index contributed by atoms with van der Waals surface area (Å²) >= 11 is 3.66. The van der Waals surface area contributed by atoms with Gasteiger partial charge in [0.1, 0.15) is 0 Å². The number of nitrogens with zero attached hydrogens (tertiary/aromatic N) is 1. The summed E-state index contributed by atoms with van der Waals surface area (Å²) in [6.07, 6.45) is 2.51. The summed E-state index contributed by atoms with van der Waals surface area (Å²) in [5.41, 5.74) is 2.67. The Balaban J connectivity index is 2.13. The molecule has 1 aromatic carbocycles. The number of nitrogens with one attached hydrogen (secondary N) is 1. The third kappa shape index (κ3) is 3.23. The number of anilines is 1. The molecule has 0 radical (unpaired) electrons. The van der Waals surface area contributed by atoms with Gasteiger partial charge in [0.05, 0.1) is 5.69 Å². The Kier molecular flexibility index (Phi) is 4.46. The summed E-state index contributed by atoms with van der Waals surface area (Å²) < 4.78 is 1.21. The van der Waals surface area contributed by atoms with Crippen LogP contribution in [0.1, 0.15) is 25.3 Å². The van der Waals surface area contributed by atoms with Crippen LogP contribution in [-0.2, 0) is 0 Å². The average Bonchev–Trinajstić information content (AvgIpc) is 2.33. The van der Waals surface area contributed by atoms with E-state index in [2.05, 4.69) is 58.2 Å². The molecule has 0 amide bonds. The van der Waals surface area contributed by atoms with Crippen LogP contribution in [0.4, 0.5) is 5.69 Å². The van der Waals surface area contributed by atoms with Crippen molar-refractivity contribution in [2.24, 2.45) is 0 Å². The Morgan fingerprint density at radius 1 is 1.47 bits per heavy atom. The Morgan fingerprint density at radius 2 is 2.29 bits per heavy atom. The van der Waals surface area contributed by atoms with Crippen LogP contribution in [0.25, 0.3) is 0 Å². The molecule has 0 aromatic heterocycles. The Bertz CT molecular complexity index is 376. The molecule has 1 unspecified atom stereocenters. The molecule has 1 aliphatic heterocycles. The van der Waals surface area contributed by atoms with Crippen LogP contribution in [0.5, 0.6) is 0 Å². The van der Waals surface area contributed by atoms with E-state index in [1.807, 2.05) is 0 Å². The molecule has 2 nitrogen and oxygen atoms in total. The monoisotopic (exact) mass is 296 g/mol. The zero-order valence-corrected chi connectivity index (χ0v) is 12.3. The molecule has 1 aromatic rings. The van der Waals surface area contributed by atoms with Crippen LogP contribution in [0.2, 0.25) is 0 Å². The lowest BCUT2D eigenvalue weighted by Crippen LogP contribution is -2.50. The topological polar surface area (TPSA) is 15.3 Å². The molecule has 1 aliphatic rings. The van der Waals surface area contributed by atoms with Gasteiger partial charge in [0, 0.05) is 30.1 Å². The molecular weight excluding hydrogens is 276 g/mol. The third-order valence-corrected chi connectivity index (χ3v) is 4.01. The van der Waals surface area contributed by atoms with E-state index in [1.165, 1.54) is 28.6 Å². The van der Waals surface area contributed by atoms with Gasteiger partial charge in [-0.3, -0.25) is 0 Å². The van der Waals surface area contributed by atoms with E-state index in [-0.39, 0.29) is 0 Å². The van der Waals surface area contributed by atoms with E-state index >= 15 is 0 Å². The largest absolute Gasteiger partial charge is 0.368 e. The van der Waals surface area contributed by atoms with Gasteiger partial charge in [-0.25, -0.2) is 0 Å². The summed E-state index contributed by atoms with van der Waals surface area (Å²) in [6, 6.07) is 7.22. The van der Waals surface area contributed by atoms with Crippen LogP contribution in [-0.4, -0.2) is 25.7 Å². The summed E-state index contributed by atoms with van der Waals surface area (Å²) in [4.78, 5) is 2.49. The highest BCUT2D eigenvalue weighted by Gasteiger charge is 2.20. The molecule has 1 atom stereocenters. The van der Waals surface area contributed by atoms with Crippen molar-refractivity contribution < 1.29 is 0 Å². The first-order valence-electron chi connectivity index (χ1n) is 6.45. The number of rotatable bonds is 3. The molecule has 1 heterocycles. The fourth-order valence-electron chi connectivity index (χ4n) is 2.45. The second-order valence-corrected chi connectivity index (χ2v) is 5.69. The van der Waals surface area contributed by atoms with Crippen molar-refractivity contribution in [3.8, 4) is 0 Å². The highest BCUT2D eigenvalue weighted by molar-refractivity contribution is 9.10. The smallest absolute Gasteiger partial charge is 0.0514 e. The number of halogens is 1.